The summed E-state index contributed by atoms with van der Waals surface area (Å²) in [5.41, 5.74) is 2.19. The first kappa shape index (κ1) is 17.3. The Morgan fingerprint density at radius 1 is 1.27 bits per heavy atom. The number of hydrogen-bond acceptors (Lipinski definition) is 4. The van der Waals surface area contributed by atoms with Crippen molar-refractivity contribution in [2.24, 2.45) is 5.10 Å². The number of para-hydroxylation sites is 1. The highest BCUT2D eigenvalue weighted by atomic mass is 19.1. The number of aromatic nitrogens is 1. The number of nitrogens with zero attached hydrogens (tertiary/aromatic N) is 2. The number of hydrogen-bond donors (Lipinski definition) is 2. The Hall–Kier alpha value is -3.48. The third-order valence-electron chi connectivity index (χ3n) is 3.92. The van der Waals surface area contributed by atoms with Crippen LogP contribution in [0.2, 0.25) is 0 Å². The van der Waals surface area contributed by atoms with Crippen molar-refractivity contribution in [1.82, 2.24) is 9.99 Å². The van der Waals surface area contributed by atoms with Gasteiger partial charge in [-0.3, -0.25) is 9.59 Å². The molecule has 0 aliphatic rings. The third-order valence-corrected chi connectivity index (χ3v) is 3.92. The number of rotatable bonds is 4. The summed E-state index contributed by atoms with van der Waals surface area (Å²) in [7, 11) is 0. The van der Waals surface area contributed by atoms with Gasteiger partial charge in [0.2, 0.25) is 0 Å². The summed E-state index contributed by atoms with van der Waals surface area (Å²) in [4.78, 5) is 25.0. The van der Waals surface area contributed by atoms with Crippen molar-refractivity contribution in [2.45, 2.75) is 13.5 Å². The molecule has 0 aliphatic carbocycles. The maximum absolute atomic E-state index is 13.1. The van der Waals surface area contributed by atoms with E-state index in [4.69, 9.17) is 0 Å². The van der Waals surface area contributed by atoms with Crippen LogP contribution in [-0.4, -0.2) is 21.8 Å². The predicted molar refractivity (Wildman–Crippen MR) is 97.0 cm³/mol. The lowest BCUT2D eigenvalue weighted by Crippen LogP contribution is -2.31. The van der Waals surface area contributed by atoms with Gasteiger partial charge in [0.05, 0.1) is 11.7 Å². The van der Waals surface area contributed by atoms with E-state index in [2.05, 4.69) is 10.5 Å². The van der Waals surface area contributed by atoms with E-state index in [0.717, 1.165) is 0 Å². The minimum atomic E-state index is -0.840. The van der Waals surface area contributed by atoms with E-state index in [1.165, 1.54) is 29.0 Å². The molecule has 1 amide bonds. The van der Waals surface area contributed by atoms with Gasteiger partial charge in [-0.1, -0.05) is 24.3 Å². The van der Waals surface area contributed by atoms with Crippen LogP contribution in [0.3, 0.4) is 0 Å². The lowest BCUT2D eigenvalue weighted by atomic mass is 10.1. The van der Waals surface area contributed by atoms with Crippen molar-refractivity contribution in [3.63, 3.8) is 0 Å². The van der Waals surface area contributed by atoms with Crippen LogP contribution in [0.4, 0.5) is 4.39 Å². The summed E-state index contributed by atoms with van der Waals surface area (Å²) in [6.45, 7) is 2.11. The Labute approximate surface area is 148 Å². The number of carbonyl (C=O) groups is 1. The lowest BCUT2D eigenvalue weighted by Gasteiger charge is -2.12. The highest BCUT2D eigenvalue weighted by Gasteiger charge is 2.21. The standard InChI is InChI=1S/C19H16FN3O3/c1-2-23-15-9-4-3-8-14(15)17(24)16(19(23)26)18(25)22-21-11-12-6-5-7-13(20)10-12/h3-11,24H,2H2,1H3,(H,22,25)/b21-11-. The molecule has 26 heavy (non-hydrogen) atoms. The monoisotopic (exact) mass is 353 g/mol. The van der Waals surface area contributed by atoms with Crippen molar-refractivity contribution in [1.29, 1.82) is 0 Å². The molecule has 0 aliphatic heterocycles. The molecule has 1 heterocycles. The fourth-order valence-corrected chi connectivity index (χ4v) is 2.72. The minimum Gasteiger partial charge on any atom is -0.506 e. The molecule has 132 valence electrons. The smallest absolute Gasteiger partial charge is 0.280 e. The molecule has 6 nitrogen and oxygen atoms in total. The minimum absolute atomic E-state index is 0.340. The molecule has 1 aromatic heterocycles. The van der Waals surface area contributed by atoms with Gasteiger partial charge in [0.25, 0.3) is 11.5 Å². The molecule has 0 saturated carbocycles. The molecular formula is C19H16FN3O3. The molecule has 0 fully saturated rings. The second-order valence-corrected chi connectivity index (χ2v) is 5.54. The zero-order valence-corrected chi connectivity index (χ0v) is 13.9. The van der Waals surface area contributed by atoms with Gasteiger partial charge >= 0.3 is 0 Å². The summed E-state index contributed by atoms with van der Waals surface area (Å²) >= 11 is 0. The van der Waals surface area contributed by atoms with Gasteiger partial charge in [-0.25, -0.2) is 9.82 Å². The number of aromatic hydroxyl groups is 1. The zero-order chi connectivity index (χ0) is 18.7. The van der Waals surface area contributed by atoms with Crippen LogP contribution >= 0.6 is 0 Å². The van der Waals surface area contributed by atoms with Crippen molar-refractivity contribution >= 4 is 23.0 Å². The Bertz CT molecular complexity index is 1070. The van der Waals surface area contributed by atoms with Crippen LogP contribution in [0.1, 0.15) is 22.8 Å². The number of pyridine rings is 1. The second-order valence-electron chi connectivity index (χ2n) is 5.54. The van der Waals surface area contributed by atoms with Crippen molar-refractivity contribution in [2.75, 3.05) is 0 Å². The Morgan fingerprint density at radius 3 is 2.77 bits per heavy atom. The maximum Gasteiger partial charge on any atom is 0.280 e. The van der Waals surface area contributed by atoms with Crippen LogP contribution in [0.15, 0.2) is 58.4 Å². The van der Waals surface area contributed by atoms with Crippen LogP contribution < -0.4 is 11.0 Å². The number of benzene rings is 2. The normalized spacial score (nSPS) is 11.2. The van der Waals surface area contributed by atoms with Gasteiger partial charge in [0.1, 0.15) is 17.1 Å². The molecule has 0 atom stereocenters. The van der Waals surface area contributed by atoms with Gasteiger partial charge in [-0.2, -0.15) is 5.10 Å². The molecule has 0 radical (unpaired) electrons. The number of amides is 1. The van der Waals surface area contributed by atoms with E-state index in [9.17, 15) is 19.1 Å². The third kappa shape index (κ3) is 3.19. The fraction of sp³-hybridized carbons (Fsp3) is 0.105. The van der Waals surface area contributed by atoms with Gasteiger partial charge in [0.15, 0.2) is 0 Å². The number of carbonyl (C=O) groups excluding carboxylic acids is 1. The number of halogens is 1. The number of nitrogens with one attached hydrogen (secondary N) is 1. The first-order valence-corrected chi connectivity index (χ1v) is 7.96. The van der Waals surface area contributed by atoms with Crippen molar-refractivity contribution < 1.29 is 14.3 Å². The van der Waals surface area contributed by atoms with Gasteiger partial charge < -0.3 is 9.67 Å². The molecule has 7 heteroatoms. The molecule has 2 N–H and O–H groups in total. The number of aryl methyl sites for hydroxylation is 1. The highest BCUT2D eigenvalue weighted by Crippen LogP contribution is 2.26. The van der Waals surface area contributed by atoms with Gasteiger partial charge in [-0.05, 0) is 36.8 Å². The van der Waals surface area contributed by atoms with Crippen LogP contribution in [0.5, 0.6) is 5.75 Å². The predicted octanol–water partition coefficient (Wildman–Crippen LogP) is 2.63. The molecule has 0 bridgehead atoms. The maximum atomic E-state index is 13.1. The Kier molecular flexibility index (Phi) is 4.79. The van der Waals surface area contributed by atoms with Gasteiger partial charge in [-0.15, -0.1) is 0 Å². The summed E-state index contributed by atoms with van der Waals surface area (Å²) in [5.74, 6) is -1.67. The van der Waals surface area contributed by atoms with Crippen molar-refractivity contribution in [3.8, 4) is 5.75 Å². The average molecular weight is 353 g/mol. The highest BCUT2D eigenvalue weighted by molar-refractivity contribution is 6.02. The van der Waals surface area contributed by atoms with Crippen LogP contribution in [0, 0.1) is 5.82 Å². The molecule has 3 rings (SSSR count). The number of hydrazone groups is 1. The molecule has 3 aromatic rings. The Morgan fingerprint density at radius 2 is 2.04 bits per heavy atom. The molecule has 0 saturated heterocycles. The van der Waals surface area contributed by atoms with E-state index in [1.807, 2.05) is 0 Å². The summed E-state index contributed by atoms with van der Waals surface area (Å²) in [6, 6.07) is 12.4. The van der Waals surface area contributed by atoms with E-state index in [1.54, 1.807) is 37.3 Å². The zero-order valence-electron chi connectivity index (χ0n) is 13.9. The number of fused-ring (bicyclic) bond motifs is 1. The first-order chi connectivity index (χ1) is 12.5. The quantitative estimate of drug-likeness (QED) is 0.559. The summed E-state index contributed by atoms with van der Waals surface area (Å²) in [5, 5.41) is 14.5. The lowest BCUT2D eigenvalue weighted by molar-refractivity contribution is 0.0950. The summed E-state index contributed by atoms with van der Waals surface area (Å²) < 4.78 is 14.5. The van der Waals surface area contributed by atoms with E-state index in [0.29, 0.717) is 23.0 Å². The fourth-order valence-electron chi connectivity index (χ4n) is 2.72. The molecule has 0 unspecified atom stereocenters. The second kappa shape index (κ2) is 7.18. The van der Waals surface area contributed by atoms with Crippen molar-refractivity contribution in [3.05, 3.63) is 75.8 Å². The van der Waals surface area contributed by atoms with Crippen LogP contribution in [0.25, 0.3) is 10.9 Å². The molecule has 2 aromatic carbocycles. The summed E-state index contributed by atoms with van der Waals surface area (Å²) in [6.07, 6.45) is 1.25. The van der Waals surface area contributed by atoms with E-state index < -0.39 is 23.0 Å². The van der Waals surface area contributed by atoms with E-state index >= 15 is 0 Å². The molecular weight excluding hydrogens is 337 g/mol. The van der Waals surface area contributed by atoms with E-state index in [-0.39, 0.29) is 5.56 Å². The topological polar surface area (TPSA) is 83.7 Å². The first-order valence-electron chi connectivity index (χ1n) is 7.96. The average Bonchev–Trinajstić information content (AvgIpc) is 2.62. The largest absolute Gasteiger partial charge is 0.506 e. The van der Waals surface area contributed by atoms with Crippen LogP contribution in [-0.2, 0) is 6.54 Å². The Balaban J connectivity index is 1.97. The SMILES string of the molecule is CCn1c(=O)c(C(=O)N/N=C\c2cccc(F)c2)c(O)c2ccccc21. The molecule has 0 spiro atoms. The van der Waals surface area contributed by atoms with Gasteiger partial charge in [0, 0.05) is 11.9 Å².